The number of hydrogen-bond donors (Lipinski definition) is 1. The topological polar surface area (TPSA) is 69.4 Å². The maximum absolute atomic E-state index is 10.3. The molecule has 4 nitrogen and oxygen atoms in total. The standard InChI is InChI=1S/C5H9NO3.2ClH/c1-2-9-5(8)3-4(6)7;;/h2-3H2,1H3,(H2,6,7);2*1H. The van der Waals surface area contributed by atoms with E-state index in [0.717, 1.165) is 0 Å². The number of rotatable bonds is 3. The summed E-state index contributed by atoms with van der Waals surface area (Å²) in [4.78, 5) is 20.3. The Morgan fingerprint density at radius 3 is 2.09 bits per heavy atom. The largest absolute Gasteiger partial charge is 0.466 e. The van der Waals surface area contributed by atoms with Crippen LogP contribution in [0.15, 0.2) is 0 Å². The number of ether oxygens (including phenoxy) is 1. The van der Waals surface area contributed by atoms with Gasteiger partial charge in [-0.15, -0.1) is 24.8 Å². The molecule has 0 spiro atoms. The Labute approximate surface area is 77.3 Å². The number of hydrogen-bond acceptors (Lipinski definition) is 3. The highest BCUT2D eigenvalue weighted by atomic mass is 35.5. The van der Waals surface area contributed by atoms with E-state index < -0.39 is 11.9 Å². The van der Waals surface area contributed by atoms with E-state index in [4.69, 9.17) is 0 Å². The normalized spacial score (nSPS) is 7.00. The van der Waals surface area contributed by atoms with E-state index in [1.807, 2.05) is 0 Å². The Morgan fingerprint density at radius 2 is 1.82 bits per heavy atom. The van der Waals surface area contributed by atoms with Gasteiger partial charge in [-0.2, -0.15) is 0 Å². The summed E-state index contributed by atoms with van der Waals surface area (Å²) < 4.78 is 4.41. The number of nitrogens with two attached hydrogens (primary N) is 1. The SMILES string of the molecule is CCOC(=O)CC(N)=O.Cl.Cl. The summed E-state index contributed by atoms with van der Waals surface area (Å²) in [5, 5.41) is 0. The van der Waals surface area contributed by atoms with Crippen molar-refractivity contribution in [2.45, 2.75) is 13.3 Å². The fraction of sp³-hybridized carbons (Fsp3) is 0.600. The highest BCUT2D eigenvalue weighted by molar-refractivity contribution is 5.93. The second kappa shape index (κ2) is 9.52. The van der Waals surface area contributed by atoms with Crippen LogP contribution in [-0.2, 0) is 14.3 Å². The monoisotopic (exact) mass is 203 g/mol. The van der Waals surface area contributed by atoms with Crippen molar-refractivity contribution in [3.63, 3.8) is 0 Å². The molecule has 0 aromatic heterocycles. The van der Waals surface area contributed by atoms with Crippen LogP contribution in [0.25, 0.3) is 0 Å². The average molecular weight is 204 g/mol. The lowest BCUT2D eigenvalue weighted by atomic mass is 10.4. The third-order valence-electron chi connectivity index (χ3n) is 0.624. The first-order valence-corrected chi connectivity index (χ1v) is 2.60. The van der Waals surface area contributed by atoms with Gasteiger partial charge < -0.3 is 10.5 Å². The fourth-order valence-corrected chi connectivity index (χ4v) is 0.354. The van der Waals surface area contributed by atoms with Gasteiger partial charge in [0.05, 0.1) is 6.61 Å². The summed E-state index contributed by atoms with van der Waals surface area (Å²) in [7, 11) is 0. The van der Waals surface area contributed by atoms with Crippen molar-refractivity contribution in [1.82, 2.24) is 0 Å². The summed E-state index contributed by atoms with van der Waals surface area (Å²) >= 11 is 0. The van der Waals surface area contributed by atoms with Gasteiger partial charge in [-0.3, -0.25) is 9.59 Å². The molecule has 0 aliphatic rings. The molecule has 0 rings (SSSR count). The van der Waals surface area contributed by atoms with Gasteiger partial charge in [-0.05, 0) is 6.92 Å². The molecule has 0 heterocycles. The Balaban J connectivity index is -0.000000320. The molecular formula is C5H11Cl2NO3. The molecule has 0 aromatic rings. The van der Waals surface area contributed by atoms with Gasteiger partial charge in [-0.25, -0.2) is 0 Å². The van der Waals surface area contributed by atoms with Gasteiger partial charge in [0, 0.05) is 0 Å². The molecule has 11 heavy (non-hydrogen) atoms. The van der Waals surface area contributed by atoms with Crippen molar-refractivity contribution >= 4 is 36.7 Å². The zero-order valence-corrected chi connectivity index (χ0v) is 7.67. The second-order valence-electron chi connectivity index (χ2n) is 1.45. The van der Waals surface area contributed by atoms with Gasteiger partial charge in [0.1, 0.15) is 6.42 Å². The van der Waals surface area contributed by atoms with Gasteiger partial charge >= 0.3 is 5.97 Å². The lowest BCUT2D eigenvalue weighted by Crippen LogP contribution is -2.17. The molecule has 0 aromatic carbocycles. The van der Waals surface area contributed by atoms with Gasteiger partial charge in [0.25, 0.3) is 0 Å². The predicted molar refractivity (Wildman–Crippen MR) is 44.9 cm³/mol. The van der Waals surface area contributed by atoms with Crippen LogP contribution < -0.4 is 5.73 Å². The van der Waals surface area contributed by atoms with Crippen LogP contribution >= 0.6 is 24.8 Å². The smallest absolute Gasteiger partial charge is 0.315 e. The van der Waals surface area contributed by atoms with E-state index in [0.29, 0.717) is 0 Å². The number of carbonyl (C=O) groups is 2. The van der Waals surface area contributed by atoms with Crippen molar-refractivity contribution in [2.75, 3.05) is 6.61 Å². The molecule has 0 radical (unpaired) electrons. The Bertz CT molecular complexity index is 129. The van der Waals surface area contributed by atoms with Gasteiger partial charge in [0.15, 0.2) is 0 Å². The van der Waals surface area contributed by atoms with Crippen molar-refractivity contribution in [3.8, 4) is 0 Å². The molecule has 0 saturated heterocycles. The molecule has 0 bridgehead atoms. The molecule has 2 N–H and O–H groups in total. The molecule has 0 aliphatic heterocycles. The fourth-order valence-electron chi connectivity index (χ4n) is 0.354. The van der Waals surface area contributed by atoms with Crippen molar-refractivity contribution in [3.05, 3.63) is 0 Å². The summed E-state index contributed by atoms with van der Waals surface area (Å²) in [5.74, 6) is -1.22. The molecule has 0 atom stereocenters. The number of esters is 1. The zero-order chi connectivity index (χ0) is 7.28. The minimum Gasteiger partial charge on any atom is -0.466 e. The van der Waals surface area contributed by atoms with Crippen LogP contribution in [0, 0.1) is 0 Å². The van der Waals surface area contributed by atoms with Crippen LogP contribution in [0.3, 0.4) is 0 Å². The molecule has 1 amide bonds. The van der Waals surface area contributed by atoms with E-state index in [1.54, 1.807) is 6.92 Å². The van der Waals surface area contributed by atoms with Crippen LogP contribution in [0.2, 0.25) is 0 Å². The third kappa shape index (κ3) is 12.7. The van der Waals surface area contributed by atoms with Crippen molar-refractivity contribution in [2.24, 2.45) is 5.73 Å². The summed E-state index contributed by atoms with van der Waals surface area (Å²) in [6, 6.07) is 0. The molecule has 0 unspecified atom stereocenters. The van der Waals surface area contributed by atoms with Crippen molar-refractivity contribution in [1.29, 1.82) is 0 Å². The third-order valence-corrected chi connectivity index (χ3v) is 0.624. The van der Waals surface area contributed by atoms with E-state index in [1.165, 1.54) is 0 Å². The van der Waals surface area contributed by atoms with E-state index in [-0.39, 0.29) is 37.8 Å². The van der Waals surface area contributed by atoms with Crippen LogP contribution in [0.1, 0.15) is 13.3 Å². The first kappa shape index (κ1) is 16.9. The minimum absolute atomic E-state index is 0. The van der Waals surface area contributed by atoms with Crippen LogP contribution in [0.5, 0.6) is 0 Å². The summed E-state index contributed by atoms with van der Waals surface area (Å²) in [6.45, 7) is 1.95. The van der Waals surface area contributed by atoms with Crippen LogP contribution in [0.4, 0.5) is 0 Å². The highest BCUT2D eigenvalue weighted by Gasteiger charge is 2.04. The maximum Gasteiger partial charge on any atom is 0.315 e. The first-order valence-electron chi connectivity index (χ1n) is 2.60. The number of primary amides is 1. The van der Waals surface area contributed by atoms with Crippen molar-refractivity contribution < 1.29 is 14.3 Å². The van der Waals surface area contributed by atoms with Crippen LogP contribution in [-0.4, -0.2) is 18.5 Å². The highest BCUT2D eigenvalue weighted by Crippen LogP contribution is 1.82. The van der Waals surface area contributed by atoms with Gasteiger partial charge in [0.2, 0.25) is 5.91 Å². The van der Waals surface area contributed by atoms with E-state index in [2.05, 4.69) is 10.5 Å². The second-order valence-corrected chi connectivity index (χ2v) is 1.45. The Kier molecular flexibility index (Phi) is 14.6. The first-order chi connectivity index (χ1) is 4.16. The Hall–Kier alpha value is -0.480. The lowest BCUT2D eigenvalue weighted by Gasteiger charge is -1.95. The average Bonchev–Trinajstić information content (AvgIpc) is 1.63. The molecule has 0 fully saturated rings. The lowest BCUT2D eigenvalue weighted by molar-refractivity contribution is -0.145. The zero-order valence-electron chi connectivity index (χ0n) is 6.03. The number of amides is 1. The predicted octanol–water partition coefficient (Wildman–Crippen LogP) is 0.268. The minimum atomic E-state index is -0.659. The number of halogens is 2. The van der Waals surface area contributed by atoms with E-state index in [9.17, 15) is 9.59 Å². The van der Waals surface area contributed by atoms with E-state index >= 15 is 0 Å². The van der Waals surface area contributed by atoms with Gasteiger partial charge in [-0.1, -0.05) is 0 Å². The molecule has 0 saturated carbocycles. The summed E-state index contributed by atoms with van der Waals surface area (Å²) in [6.07, 6.45) is -0.326. The Morgan fingerprint density at radius 1 is 1.36 bits per heavy atom. The molecule has 6 heteroatoms. The molecule has 0 aliphatic carbocycles. The molecular weight excluding hydrogens is 193 g/mol. The molecule has 68 valence electrons. The maximum atomic E-state index is 10.3. The number of carbonyl (C=O) groups excluding carboxylic acids is 2. The quantitative estimate of drug-likeness (QED) is 0.529. The summed E-state index contributed by atoms with van der Waals surface area (Å²) in [5.41, 5.74) is 4.68.